The zero-order valence-electron chi connectivity index (χ0n) is 15.7. The second-order valence-electron chi connectivity index (χ2n) is 7.07. The summed E-state index contributed by atoms with van der Waals surface area (Å²) in [4.78, 5) is 13.7. The first-order valence-corrected chi connectivity index (χ1v) is 9.00. The third kappa shape index (κ3) is 4.76. The maximum absolute atomic E-state index is 4.55. The number of nitrogens with zero attached hydrogens (tertiary/aromatic N) is 6. The lowest BCUT2D eigenvalue weighted by molar-refractivity contribution is 0.311. The van der Waals surface area contributed by atoms with Gasteiger partial charge in [0.05, 0.1) is 12.2 Å². The van der Waals surface area contributed by atoms with Crippen LogP contribution in [0, 0.1) is 13.8 Å². The average molecular weight is 343 g/mol. The van der Waals surface area contributed by atoms with Gasteiger partial charge in [0, 0.05) is 62.4 Å². The highest BCUT2D eigenvalue weighted by molar-refractivity contribution is 5.30. The molecule has 0 radical (unpaired) electrons. The fourth-order valence-corrected chi connectivity index (χ4v) is 3.08. The van der Waals surface area contributed by atoms with Gasteiger partial charge in [0.25, 0.3) is 0 Å². The van der Waals surface area contributed by atoms with Crippen LogP contribution in [0.25, 0.3) is 0 Å². The molecular weight excluding hydrogens is 314 g/mol. The lowest BCUT2D eigenvalue weighted by Crippen LogP contribution is -2.45. The molecule has 0 bridgehead atoms. The molecule has 2 aromatic rings. The first-order chi connectivity index (χ1) is 12.0. The van der Waals surface area contributed by atoms with Crippen molar-refractivity contribution in [3.8, 4) is 0 Å². The predicted molar refractivity (Wildman–Crippen MR) is 99.7 cm³/mol. The summed E-state index contributed by atoms with van der Waals surface area (Å²) in [5, 5.41) is 8.04. The first kappa shape index (κ1) is 17.8. The van der Waals surface area contributed by atoms with Crippen LogP contribution in [0.2, 0.25) is 0 Å². The van der Waals surface area contributed by atoms with E-state index in [-0.39, 0.29) is 0 Å². The van der Waals surface area contributed by atoms with E-state index in [0.717, 1.165) is 56.5 Å². The SMILES string of the molecule is Cc1cc(C)n(CC(C)NCc2cnc(N3CCN(C)CC3)nc2)n1. The zero-order chi connectivity index (χ0) is 17.8. The standard InChI is InChI=1S/C18H29N7/c1-14-9-16(3)25(22-14)13-15(2)19-10-17-11-20-18(21-12-17)24-7-5-23(4)6-8-24/h9,11-12,15,19H,5-8,10,13H2,1-4H3. The number of nitrogens with one attached hydrogen (secondary N) is 1. The van der Waals surface area contributed by atoms with Crippen LogP contribution in [0.3, 0.4) is 0 Å². The lowest BCUT2D eigenvalue weighted by atomic mass is 10.3. The molecule has 7 heteroatoms. The van der Waals surface area contributed by atoms with E-state index in [9.17, 15) is 0 Å². The van der Waals surface area contributed by atoms with Gasteiger partial charge >= 0.3 is 0 Å². The summed E-state index contributed by atoms with van der Waals surface area (Å²) in [5.41, 5.74) is 3.38. The maximum Gasteiger partial charge on any atom is 0.225 e. The largest absolute Gasteiger partial charge is 0.338 e. The monoisotopic (exact) mass is 343 g/mol. The van der Waals surface area contributed by atoms with Crippen LogP contribution in [0.4, 0.5) is 5.95 Å². The Labute approximate surface area is 150 Å². The summed E-state index contributed by atoms with van der Waals surface area (Å²) in [6.07, 6.45) is 3.87. The van der Waals surface area contributed by atoms with Crippen molar-refractivity contribution in [1.29, 1.82) is 0 Å². The van der Waals surface area contributed by atoms with Crippen molar-refractivity contribution < 1.29 is 0 Å². The van der Waals surface area contributed by atoms with Crippen molar-refractivity contribution in [3.63, 3.8) is 0 Å². The van der Waals surface area contributed by atoms with Gasteiger partial charge < -0.3 is 15.1 Å². The number of anilines is 1. The van der Waals surface area contributed by atoms with E-state index >= 15 is 0 Å². The van der Waals surface area contributed by atoms with E-state index in [1.165, 1.54) is 5.69 Å². The first-order valence-electron chi connectivity index (χ1n) is 9.00. The fraction of sp³-hybridized carbons (Fsp3) is 0.611. The van der Waals surface area contributed by atoms with E-state index in [1.807, 2.05) is 19.3 Å². The Morgan fingerprint density at radius 1 is 1.12 bits per heavy atom. The van der Waals surface area contributed by atoms with Gasteiger partial charge in [-0.3, -0.25) is 4.68 Å². The maximum atomic E-state index is 4.55. The number of rotatable bonds is 6. The summed E-state index contributed by atoms with van der Waals surface area (Å²) in [6, 6.07) is 2.44. The molecule has 136 valence electrons. The van der Waals surface area contributed by atoms with Gasteiger partial charge in [-0.15, -0.1) is 0 Å². The van der Waals surface area contributed by atoms with Crippen molar-refractivity contribution in [2.75, 3.05) is 38.1 Å². The highest BCUT2D eigenvalue weighted by atomic mass is 15.3. The van der Waals surface area contributed by atoms with E-state index in [1.54, 1.807) is 0 Å². The van der Waals surface area contributed by atoms with E-state index < -0.39 is 0 Å². The minimum absolute atomic E-state index is 0.329. The molecule has 7 nitrogen and oxygen atoms in total. The molecular formula is C18H29N7. The van der Waals surface area contributed by atoms with E-state index in [0.29, 0.717) is 6.04 Å². The number of likely N-dealkylation sites (N-methyl/N-ethyl adjacent to an activating group) is 1. The van der Waals surface area contributed by atoms with Crippen LogP contribution in [0.1, 0.15) is 23.9 Å². The Hall–Kier alpha value is -1.99. The minimum atomic E-state index is 0.329. The van der Waals surface area contributed by atoms with Gasteiger partial charge in [-0.05, 0) is 33.9 Å². The van der Waals surface area contributed by atoms with Gasteiger partial charge in [0.15, 0.2) is 0 Å². The summed E-state index contributed by atoms with van der Waals surface area (Å²) in [6.45, 7) is 12.0. The third-order valence-corrected chi connectivity index (χ3v) is 4.68. The van der Waals surface area contributed by atoms with E-state index in [2.05, 4.69) is 61.8 Å². The van der Waals surface area contributed by atoms with Crippen LogP contribution < -0.4 is 10.2 Å². The minimum Gasteiger partial charge on any atom is -0.338 e. The molecule has 3 rings (SSSR count). The topological polar surface area (TPSA) is 62.1 Å². The molecule has 0 aromatic carbocycles. The third-order valence-electron chi connectivity index (χ3n) is 4.68. The molecule has 25 heavy (non-hydrogen) atoms. The smallest absolute Gasteiger partial charge is 0.225 e. The van der Waals surface area contributed by atoms with Crippen molar-refractivity contribution >= 4 is 5.95 Å². The van der Waals surface area contributed by atoms with Gasteiger partial charge in [0.2, 0.25) is 5.95 Å². The Morgan fingerprint density at radius 2 is 1.80 bits per heavy atom. The molecule has 0 aliphatic carbocycles. The molecule has 1 unspecified atom stereocenters. The van der Waals surface area contributed by atoms with Crippen LogP contribution in [-0.4, -0.2) is 63.9 Å². The Balaban J connectivity index is 1.49. The molecule has 0 spiro atoms. The molecule has 0 amide bonds. The zero-order valence-corrected chi connectivity index (χ0v) is 15.7. The molecule has 1 atom stereocenters. The molecule has 1 saturated heterocycles. The lowest BCUT2D eigenvalue weighted by Gasteiger charge is -2.32. The van der Waals surface area contributed by atoms with Crippen LogP contribution in [0.15, 0.2) is 18.5 Å². The Bertz CT molecular complexity index is 671. The van der Waals surface area contributed by atoms with Crippen LogP contribution in [0.5, 0.6) is 0 Å². The van der Waals surface area contributed by atoms with Crippen molar-refractivity contribution in [2.24, 2.45) is 0 Å². The van der Waals surface area contributed by atoms with Gasteiger partial charge in [-0.25, -0.2) is 9.97 Å². The summed E-state index contributed by atoms with van der Waals surface area (Å²) in [7, 11) is 2.15. The van der Waals surface area contributed by atoms with Gasteiger partial charge in [-0.2, -0.15) is 5.10 Å². The summed E-state index contributed by atoms with van der Waals surface area (Å²) in [5.74, 6) is 0.840. The second kappa shape index (κ2) is 7.93. The summed E-state index contributed by atoms with van der Waals surface area (Å²) >= 11 is 0. The van der Waals surface area contributed by atoms with Crippen molar-refractivity contribution in [1.82, 2.24) is 30.0 Å². The van der Waals surface area contributed by atoms with Crippen LogP contribution >= 0.6 is 0 Å². The van der Waals surface area contributed by atoms with Crippen molar-refractivity contribution in [2.45, 2.75) is 39.9 Å². The Morgan fingerprint density at radius 3 is 2.40 bits per heavy atom. The van der Waals surface area contributed by atoms with Crippen LogP contribution in [-0.2, 0) is 13.1 Å². The predicted octanol–water partition coefficient (Wildman–Crippen LogP) is 1.22. The summed E-state index contributed by atoms with van der Waals surface area (Å²) < 4.78 is 2.06. The quantitative estimate of drug-likeness (QED) is 0.851. The normalized spacial score (nSPS) is 17.0. The molecule has 1 aliphatic rings. The average Bonchev–Trinajstić information content (AvgIpc) is 2.91. The van der Waals surface area contributed by atoms with Gasteiger partial charge in [-0.1, -0.05) is 0 Å². The van der Waals surface area contributed by atoms with E-state index in [4.69, 9.17) is 0 Å². The Kier molecular flexibility index (Phi) is 5.65. The highest BCUT2D eigenvalue weighted by Gasteiger charge is 2.16. The second-order valence-corrected chi connectivity index (χ2v) is 7.07. The van der Waals surface area contributed by atoms with Gasteiger partial charge in [0.1, 0.15) is 0 Å². The number of aromatic nitrogens is 4. The molecule has 1 N–H and O–H groups in total. The molecule has 1 aliphatic heterocycles. The molecule has 3 heterocycles. The number of hydrogen-bond acceptors (Lipinski definition) is 6. The molecule has 0 saturated carbocycles. The fourth-order valence-electron chi connectivity index (χ4n) is 3.08. The number of hydrogen-bond donors (Lipinski definition) is 1. The highest BCUT2D eigenvalue weighted by Crippen LogP contribution is 2.10. The number of piperazine rings is 1. The molecule has 1 fully saturated rings. The number of aryl methyl sites for hydroxylation is 2. The molecule has 2 aromatic heterocycles. The van der Waals surface area contributed by atoms with Crippen molar-refractivity contribution in [3.05, 3.63) is 35.4 Å².